The molecule has 0 saturated carbocycles. The fraction of sp³-hybridized carbons (Fsp3) is 0.211. The van der Waals surface area contributed by atoms with Crippen LogP contribution in [0.3, 0.4) is 0 Å². The molecular formula is C19H20N4OS. The molecule has 0 spiro atoms. The van der Waals surface area contributed by atoms with Crippen molar-refractivity contribution >= 4 is 23.4 Å². The highest BCUT2D eigenvalue weighted by atomic mass is 32.2. The molecule has 128 valence electrons. The zero-order valence-electron chi connectivity index (χ0n) is 14.3. The number of carbonyl (C=O) groups is 1. The maximum absolute atomic E-state index is 12.2. The number of carbonyl (C=O) groups excluding carboxylic acids is 1. The number of aromatic nitrogens is 3. The van der Waals surface area contributed by atoms with Gasteiger partial charge in [-0.3, -0.25) is 4.79 Å². The summed E-state index contributed by atoms with van der Waals surface area (Å²) in [5.74, 6) is 1.38. The monoisotopic (exact) mass is 352 g/mol. The Balaban J connectivity index is 1.61. The smallest absolute Gasteiger partial charge is 0.232 e. The minimum atomic E-state index is -0.0999. The first-order valence-corrected chi connectivity index (χ1v) is 9.02. The molecule has 0 radical (unpaired) electrons. The molecular weight excluding hydrogens is 332 g/mol. The molecule has 5 nitrogen and oxygen atoms in total. The Morgan fingerprint density at radius 3 is 2.56 bits per heavy atom. The van der Waals surface area contributed by atoms with Crippen molar-refractivity contribution in [2.24, 2.45) is 7.05 Å². The number of hydrogen-bond acceptors (Lipinski definition) is 4. The van der Waals surface area contributed by atoms with Crippen molar-refractivity contribution in [2.45, 2.75) is 24.3 Å². The molecule has 0 aliphatic rings. The minimum absolute atomic E-state index is 0.0999. The van der Waals surface area contributed by atoms with Crippen LogP contribution in [0.4, 0.5) is 5.69 Å². The van der Waals surface area contributed by atoms with Crippen LogP contribution in [0.1, 0.15) is 17.0 Å². The van der Waals surface area contributed by atoms with Gasteiger partial charge in [-0.05, 0) is 30.2 Å². The van der Waals surface area contributed by atoms with Gasteiger partial charge in [0.15, 0.2) is 5.16 Å². The predicted molar refractivity (Wildman–Crippen MR) is 101 cm³/mol. The number of aryl methyl sites for hydroxylation is 1. The number of nitrogens with zero attached hydrogens (tertiary/aromatic N) is 3. The van der Waals surface area contributed by atoms with E-state index in [-0.39, 0.29) is 12.3 Å². The normalized spacial score (nSPS) is 10.6. The number of amides is 1. The number of rotatable bonds is 6. The van der Waals surface area contributed by atoms with Crippen molar-refractivity contribution in [3.8, 4) is 0 Å². The van der Waals surface area contributed by atoms with Crippen molar-refractivity contribution < 1.29 is 4.79 Å². The molecule has 0 bridgehead atoms. The van der Waals surface area contributed by atoms with E-state index in [0.717, 1.165) is 16.6 Å². The predicted octanol–water partition coefficient (Wildman–Crippen LogP) is 3.60. The molecule has 1 N–H and O–H groups in total. The Morgan fingerprint density at radius 2 is 1.80 bits per heavy atom. The fourth-order valence-electron chi connectivity index (χ4n) is 2.41. The second-order valence-electron chi connectivity index (χ2n) is 5.76. The molecule has 6 heteroatoms. The largest absolute Gasteiger partial charge is 0.326 e. The van der Waals surface area contributed by atoms with Crippen molar-refractivity contribution in [1.82, 2.24) is 14.8 Å². The molecule has 3 rings (SSSR count). The van der Waals surface area contributed by atoms with Gasteiger partial charge < -0.3 is 9.88 Å². The molecule has 1 aromatic heterocycles. The topological polar surface area (TPSA) is 59.8 Å². The molecule has 2 aromatic carbocycles. The van der Waals surface area contributed by atoms with Crippen LogP contribution in [0.2, 0.25) is 0 Å². The Bertz CT molecular complexity index is 861. The highest BCUT2D eigenvalue weighted by Gasteiger charge is 2.13. The van der Waals surface area contributed by atoms with Gasteiger partial charge in [0.1, 0.15) is 5.82 Å². The molecule has 0 unspecified atom stereocenters. The average molecular weight is 352 g/mol. The summed E-state index contributed by atoms with van der Waals surface area (Å²) in [4.78, 5) is 12.2. The van der Waals surface area contributed by atoms with Crippen molar-refractivity contribution in [1.29, 1.82) is 0 Å². The van der Waals surface area contributed by atoms with E-state index in [1.54, 1.807) is 11.8 Å². The lowest BCUT2D eigenvalue weighted by atomic mass is 10.1. The third kappa shape index (κ3) is 4.48. The van der Waals surface area contributed by atoms with Crippen LogP contribution < -0.4 is 5.32 Å². The van der Waals surface area contributed by atoms with Gasteiger partial charge in [0.05, 0.1) is 6.42 Å². The molecule has 3 aromatic rings. The van der Waals surface area contributed by atoms with Gasteiger partial charge in [-0.1, -0.05) is 54.2 Å². The average Bonchev–Trinajstić information content (AvgIpc) is 2.95. The summed E-state index contributed by atoms with van der Waals surface area (Å²) in [6.45, 7) is 2.10. The van der Waals surface area contributed by atoms with E-state index < -0.39 is 0 Å². The fourth-order valence-corrected chi connectivity index (χ4v) is 3.42. The second kappa shape index (κ2) is 7.98. The molecule has 0 saturated heterocycles. The Hall–Kier alpha value is -2.60. The number of thioether (sulfide) groups is 1. The summed E-state index contributed by atoms with van der Waals surface area (Å²) in [7, 11) is 1.89. The van der Waals surface area contributed by atoms with E-state index >= 15 is 0 Å². The van der Waals surface area contributed by atoms with Crippen LogP contribution in [0.5, 0.6) is 0 Å². The van der Waals surface area contributed by atoms with E-state index in [1.165, 1.54) is 11.1 Å². The van der Waals surface area contributed by atoms with Crippen LogP contribution in [-0.4, -0.2) is 20.7 Å². The lowest BCUT2D eigenvalue weighted by molar-refractivity contribution is -0.115. The number of para-hydroxylation sites is 1. The van der Waals surface area contributed by atoms with Gasteiger partial charge in [0.25, 0.3) is 0 Å². The number of benzene rings is 2. The van der Waals surface area contributed by atoms with Gasteiger partial charge in [0.2, 0.25) is 5.91 Å². The van der Waals surface area contributed by atoms with E-state index in [2.05, 4.69) is 34.6 Å². The van der Waals surface area contributed by atoms with E-state index in [0.29, 0.717) is 5.82 Å². The lowest BCUT2D eigenvalue weighted by Gasteiger charge is -2.06. The summed E-state index contributed by atoms with van der Waals surface area (Å²) in [6.07, 6.45) is 0.198. The van der Waals surface area contributed by atoms with Gasteiger partial charge in [0, 0.05) is 18.5 Å². The van der Waals surface area contributed by atoms with E-state index in [9.17, 15) is 4.79 Å². The van der Waals surface area contributed by atoms with Crippen LogP contribution in [0, 0.1) is 6.92 Å². The molecule has 1 heterocycles. The van der Waals surface area contributed by atoms with Crippen molar-refractivity contribution in [3.05, 3.63) is 71.5 Å². The van der Waals surface area contributed by atoms with Crippen LogP contribution in [-0.2, 0) is 24.0 Å². The van der Waals surface area contributed by atoms with Crippen LogP contribution in [0.15, 0.2) is 59.8 Å². The number of nitrogens with one attached hydrogen (secondary N) is 1. The first-order chi connectivity index (χ1) is 12.1. The van der Waals surface area contributed by atoms with Crippen molar-refractivity contribution in [2.75, 3.05) is 5.32 Å². The Morgan fingerprint density at radius 1 is 1.08 bits per heavy atom. The summed E-state index contributed by atoms with van der Waals surface area (Å²) in [5.41, 5.74) is 3.32. The van der Waals surface area contributed by atoms with Crippen LogP contribution in [0.25, 0.3) is 0 Å². The molecule has 0 fully saturated rings. The van der Waals surface area contributed by atoms with E-state index in [4.69, 9.17) is 0 Å². The van der Waals surface area contributed by atoms with Crippen molar-refractivity contribution in [3.63, 3.8) is 0 Å². The first-order valence-electron chi connectivity index (χ1n) is 8.04. The van der Waals surface area contributed by atoms with Gasteiger partial charge in [-0.2, -0.15) is 0 Å². The molecule has 1 amide bonds. The highest BCUT2D eigenvalue weighted by molar-refractivity contribution is 7.98. The minimum Gasteiger partial charge on any atom is -0.326 e. The SMILES string of the molecule is Cc1ccccc1CSc1nnc(CC(=O)Nc2ccccc2)n1C. The van der Waals surface area contributed by atoms with E-state index in [1.807, 2.05) is 54.1 Å². The first kappa shape index (κ1) is 17.2. The molecule has 25 heavy (non-hydrogen) atoms. The standard InChI is InChI=1S/C19H20N4OS/c1-14-8-6-7-9-15(14)13-25-19-22-21-17(23(19)2)12-18(24)20-16-10-4-3-5-11-16/h3-11H,12-13H2,1-2H3,(H,20,24). The summed E-state index contributed by atoms with van der Waals surface area (Å²) in [5, 5.41) is 12.1. The summed E-state index contributed by atoms with van der Waals surface area (Å²) in [6, 6.07) is 17.7. The maximum Gasteiger partial charge on any atom is 0.232 e. The zero-order valence-corrected chi connectivity index (χ0v) is 15.1. The third-order valence-electron chi connectivity index (χ3n) is 3.92. The second-order valence-corrected chi connectivity index (χ2v) is 6.71. The Labute approximate surface area is 151 Å². The number of hydrogen-bond donors (Lipinski definition) is 1. The number of anilines is 1. The zero-order chi connectivity index (χ0) is 17.6. The molecule has 0 aliphatic carbocycles. The quantitative estimate of drug-likeness (QED) is 0.689. The molecule has 0 aliphatic heterocycles. The highest BCUT2D eigenvalue weighted by Crippen LogP contribution is 2.23. The summed E-state index contributed by atoms with van der Waals surface area (Å²) >= 11 is 1.62. The van der Waals surface area contributed by atoms with Gasteiger partial charge in [-0.25, -0.2) is 0 Å². The van der Waals surface area contributed by atoms with Crippen LogP contribution >= 0.6 is 11.8 Å². The lowest BCUT2D eigenvalue weighted by Crippen LogP contribution is -2.16. The third-order valence-corrected chi connectivity index (χ3v) is 4.99. The summed E-state index contributed by atoms with van der Waals surface area (Å²) < 4.78 is 1.88. The Kier molecular flexibility index (Phi) is 5.50. The molecule has 0 atom stereocenters. The van der Waals surface area contributed by atoms with Gasteiger partial charge in [-0.15, -0.1) is 10.2 Å². The maximum atomic E-state index is 12.2. The van der Waals surface area contributed by atoms with Gasteiger partial charge >= 0.3 is 0 Å².